The molecule has 0 fully saturated rings. The summed E-state index contributed by atoms with van der Waals surface area (Å²) >= 11 is 2.06. The molecule has 1 aliphatic rings. The van der Waals surface area contributed by atoms with Gasteiger partial charge in [0.05, 0.1) is 6.42 Å². The second kappa shape index (κ2) is 10.1. The Bertz CT molecular complexity index is 1260. The fourth-order valence-electron chi connectivity index (χ4n) is 4.35. The van der Waals surface area contributed by atoms with Crippen molar-refractivity contribution in [2.45, 2.75) is 31.7 Å². The summed E-state index contributed by atoms with van der Waals surface area (Å²) in [5.74, 6) is -1.48. The summed E-state index contributed by atoms with van der Waals surface area (Å²) in [6.45, 7) is 3.46. The second-order valence-electron chi connectivity index (χ2n) is 9.09. The SMILES string of the molecule is CC(C)(CC(=O)O)NC(=O)c1cc(I)cc(NC(=O)OCC2c3ccccc3-c3ccccc32)c1. The lowest BCUT2D eigenvalue weighted by atomic mass is 9.98. The Morgan fingerprint density at radius 3 is 2.17 bits per heavy atom. The number of hydrogen-bond acceptors (Lipinski definition) is 4. The Labute approximate surface area is 217 Å². The van der Waals surface area contributed by atoms with Gasteiger partial charge in [-0.25, -0.2) is 4.79 Å². The van der Waals surface area contributed by atoms with Gasteiger partial charge in [-0.2, -0.15) is 0 Å². The van der Waals surface area contributed by atoms with Crippen LogP contribution >= 0.6 is 22.6 Å². The standard InChI is InChI=1S/C27H25IN2O5/c1-27(2,14-24(31)32)30-25(33)16-11-17(28)13-18(12-16)29-26(34)35-15-23-21-9-5-3-7-19(21)20-8-4-6-10-22(20)23/h3-13,23H,14-15H2,1-2H3,(H,29,34)(H,30,33)(H,31,32). The van der Waals surface area contributed by atoms with E-state index in [1.807, 2.05) is 24.3 Å². The first-order valence-electron chi connectivity index (χ1n) is 11.1. The number of benzene rings is 3. The van der Waals surface area contributed by atoms with Crippen LogP contribution in [0.2, 0.25) is 0 Å². The van der Waals surface area contributed by atoms with Crippen LogP contribution in [0, 0.1) is 3.57 Å². The van der Waals surface area contributed by atoms with Gasteiger partial charge in [0.15, 0.2) is 0 Å². The highest BCUT2D eigenvalue weighted by molar-refractivity contribution is 14.1. The monoisotopic (exact) mass is 584 g/mol. The smallest absolute Gasteiger partial charge is 0.411 e. The molecule has 4 rings (SSSR count). The molecule has 0 atom stereocenters. The predicted octanol–water partition coefficient (Wildman–Crippen LogP) is 5.64. The van der Waals surface area contributed by atoms with E-state index in [0.29, 0.717) is 11.3 Å². The van der Waals surface area contributed by atoms with Gasteiger partial charge in [-0.15, -0.1) is 0 Å². The number of ether oxygens (including phenoxy) is 1. The first-order valence-corrected chi connectivity index (χ1v) is 12.2. The third-order valence-electron chi connectivity index (χ3n) is 5.80. The highest BCUT2D eigenvalue weighted by Crippen LogP contribution is 2.44. The van der Waals surface area contributed by atoms with Crippen LogP contribution in [0.15, 0.2) is 66.7 Å². The first kappa shape index (κ1) is 24.7. The second-order valence-corrected chi connectivity index (χ2v) is 10.3. The zero-order chi connectivity index (χ0) is 25.2. The zero-order valence-corrected chi connectivity index (χ0v) is 21.5. The van der Waals surface area contributed by atoms with E-state index < -0.39 is 23.5 Å². The molecule has 0 bridgehead atoms. The van der Waals surface area contributed by atoms with Gasteiger partial charge in [0.25, 0.3) is 5.91 Å². The van der Waals surface area contributed by atoms with Crippen molar-refractivity contribution in [1.29, 1.82) is 0 Å². The van der Waals surface area contributed by atoms with Crippen molar-refractivity contribution >= 4 is 46.2 Å². The molecular formula is C27H25IN2O5. The molecule has 180 valence electrons. The predicted molar refractivity (Wildman–Crippen MR) is 142 cm³/mol. The van der Waals surface area contributed by atoms with Crippen LogP contribution in [0.4, 0.5) is 10.5 Å². The Morgan fingerprint density at radius 2 is 1.57 bits per heavy atom. The number of amides is 2. The zero-order valence-electron chi connectivity index (χ0n) is 19.3. The molecule has 3 N–H and O–H groups in total. The molecule has 3 aromatic rings. The van der Waals surface area contributed by atoms with E-state index in [2.05, 4.69) is 57.5 Å². The molecule has 0 saturated carbocycles. The summed E-state index contributed by atoms with van der Waals surface area (Å²) in [7, 11) is 0. The van der Waals surface area contributed by atoms with Crippen molar-refractivity contribution in [2.24, 2.45) is 0 Å². The maximum atomic E-state index is 12.7. The van der Waals surface area contributed by atoms with Crippen LogP contribution in [-0.4, -0.2) is 35.2 Å². The van der Waals surface area contributed by atoms with E-state index in [1.54, 1.807) is 26.0 Å². The molecule has 2 amide bonds. The number of anilines is 1. The van der Waals surface area contributed by atoms with Gasteiger partial charge in [-0.1, -0.05) is 48.5 Å². The quantitative estimate of drug-likeness (QED) is 0.312. The molecule has 0 spiro atoms. The van der Waals surface area contributed by atoms with Crippen molar-refractivity contribution < 1.29 is 24.2 Å². The number of carboxylic acids is 1. The lowest BCUT2D eigenvalue weighted by molar-refractivity contribution is -0.138. The van der Waals surface area contributed by atoms with E-state index in [9.17, 15) is 14.4 Å². The van der Waals surface area contributed by atoms with Gasteiger partial charge in [0, 0.05) is 26.3 Å². The number of halogens is 1. The molecular weight excluding hydrogens is 559 g/mol. The van der Waals surface area contributed by atoms with E-state index in [-0.39, 0.29) is 18.9 Å². The van der Waals surface area contributed by atoms with Gasteiger partial charge in [0.1, 0.15) is 6.61 Å². The normalized spacial score (nSPS) is 12.4. The molecule has 35 heavy (non-hydrogen) atoms. The Balaban J connectivity index is 1.43. The van der Waals surface area contributed by atoms with Crippen LogP contribution in [0.1, 0.15) is 47.7 Å². The number of rotatable bonds is 7. The molecule has 0 saturated heterocycles. The third kappa shape index (κ3) is 5.82. The molecule has 0 heterocycles. The van der Waals surface area contributed by atoms with Crippen LogP contribution < -0.4 is 10.6 Å². The molecule has 7 nitrogen and oxygen atoms in total. The molecule has 0 aromatic heterocycles. The number of carbonyl (C=O) groups excluding carboxylic acids is 2. The summed E-state index contributed by atoms with van der Waals surface area (Å²) in [5.41, 5.74) is 4.34. The molecule has 0 unspecified atom stereocenters. The van der Waals surface area contributed by atoms with Gasteiger partial charge in [-0.3, -0.25) is 14.9 Å². The minimum absolute atomic E-state index is 0.0538. The number of hydrogen-bond donors (Lipinski definition) is 3. The van der Waals surface area contributed by atoms with Crippen LogP contribution in [-0.2, 0) is 9.53 Å². The highest BCUT2D eigenvalue weighted by atomic mass is 127. The number of carbonyl (C=O) groups is 3. The number of fused-ring (bicyclic) bond motifs is 3. The Kier molecular flexibility index (Phi) is 7.11. The van der Waals surface area contributed by atoms with E-state index in [1.165, 1.54) is 6.07 Å². The number of nitrogens with one attached hydrogen (secondary N) is 2. The van der Waals surface area contributed by atoms with E-state index >= 15 is 0 Å². The maximum absolute atomic E-state index is 12.7. The molecule has 8 heteroatoms. The maximum Gasteiger partial charge on any atom is 0.411 e. The van der Waals surface area contributed by atoms with Gasteiger partial charge in [-0.05, 0) is 76.9 Å². The highest BCUT2D eigenvalue weighted by Gasteiger charge is 2.29. The molecule has 3 aromatic carbocycles. The van der Waals surface area contributed by atoms with Gasteiger partial charge >= 0.3 is 12.1 Å². The van der Waals surface area contributed by atoms with Crippen molar-refractivity contribution in [3.63, 3.8) is 0 Å². The summed E-state index contributed by atoms with van der Waals surface area (Å²) in [6.07, 6.45) is -0.834. The molecule has 1 aliphatic carbocycles. The fourth-order valence-corrected chi connectivity index (χ4v) is 5.02. The van der Waals surface area contributed by atoms with Gasteiger partial charge in [0.2, 0.25) is 0 Å². The lowest BCUT2D eigenvalue weighted by Gasteiger charge is -2.24. The third-order valence-corrected chi connectivity index (χ3v) is 6.42. The van der Waals surface area contributed by atoms with Crippen LogP contribution in [0.5, 0.6) is 0 Å². The van der Waals surface area contributed by atoms with Crippen molar-refractivity contribution in [1.82, 2.24) is 5.32 Å². The van der Waals surface area contributed by atoms with Gasteiger partial charge < -0.3 is 15.2 Å². The Morgan fingerprint density at radius 1 is 0.971 bits per heavy atom. The summed E-state index contributed by atoms with van der Waals surface area (Å²) in [4.78, 5) is 36.4. The lowest BCUT2D eigenvalue weighted by Crippen LogP contribution is -2.45. The largest absolute Gasteiger partial charge is 0.481 e. The van der Waals surface area contributed by atoms with Crippen LogP contribution in [0.25, 0.3) is 11.1 Å². The van der Waals surface area contributed by atoms with E-state index in [4.69, 9.17) is 9.84 Å². The minimum Gasteiger partial charge on any atom is -0.481 e. The number of aliphatic carboxylic acids is 1. The first-order chi connectivity index (χ1) is 16.6. The van der Waals surface area contributed by atoms with Crippen molar-refractivity contribution in [3.8, 4) is 11.1 Å². The fraction of sp³-hybridized carbons (Fsp3) is 0.222. The average molecular weight is 584 g/mol. The molecule has 0 radical (unpaired) electrons. The molecule has 0 aliphatic heterocycles. The van der Waals surface area contributed by atoms with Crippen molar-refractivity contribution in [2.75, 3.05) is 11.9 Å². The summed E-state index contributed by atoms with van der Waals surface area (Å²) < 4.78 is 6.33. The van der Waals surface area contributed by atoms with Crippen LogP contribution in [0.3, 0.4) is 0 Å². The minimum atomic E-state index is -1.00. The number of carboxylic acid groups (broad SMARTS) is 1. The Hall–Kier alpha value is -3.40. The van der Waals surface area contributed by atoms with Crippen molar-refractivity contribution in [3.05, 3.63) is 87.0 Å². The average Bonchev–Trinajstić information content (AvgIpc) is 3.10. The summed E-state index contributed by atoms with van der Waals surface area (Å²) in [6, 6.07) is 21.1. The summed E-state index contributed by atoms with van der Waals surface area (Å²) in [5, 5.41) is 14.5. The van der Waals surface area contributed by atoms with E-state index in [0.717, 1.165) is 25.8 Å². The topological polar surface area (TPSA) is 105 Å².